The molecule has 0 aliphatic carbocycles. The zero-order valence-electron chi connectivity index (χ0n) is 58.4. The highest BCUT2D eigenvalue weighted by Crippen LogP contribution is 2.46. The van der Waals surface area contributed by atoms with Gasteiger partial charge in [-0.25, -0.2) is 19.9 Å². The summed E-state index contributed by atoms with van der Waals surface area (Å²) in [6.07, 6.45) is 0. The second kappa shape index (κ2) is 24.5. The van der Waals surface area contributed by atoms with Gasteiger partial charge in [-0.15, -0.1) is 0 Å². The van der Waals surface area contributed by atoms with Crippen molar-refractivity contribution in [3.63, 3.8) is 0 Å². The van der Waals surface area contributed by atoms with Gasteiger partial charge in [-0.1, -0.05) is 255 Å². The van der Waals surface area contributed by atoms with Gasteiger partial charge >= 0.3 is 0 Å². The molecule has 0 amide bonds. The lowest BCUT2D eigenvalue weighted by molar-refractivity contribution is 1.17. The van der Waals surface area contributed by atoms with E-state index in [1.54, 1.807) is 0 Å². The quantitative estimate of drug-likeness (QED) is 0.129. The van der Waals surface area contributed by atoms with Crippen molar-refractivity contribution in [2.45, 2.75) is 0 Å². The Morgan fingerprint density at radius 1 is 0.167 bits per heavy atom. The molecule has 0 unspecified atom stereocenters. The van der Waals surface area contributed by atoms with Crippen LogP contribution in [0.3, 0.4) is 0 Å². The molecule has 0 N–H and O–H groups in total. The minimum Gasteiger partial charge on any atom is -0.309 e. The SMILES string of the molecule is c1ccc(-c2ccc3nc(-c4cccc(-n5c6ccccc6c6cc7c(cc65)c5ccccc5n7-c5ccccc5)c4)nc(-c4ccc(-c5cc(-c6ccccc6)c6c(-c7ccccc7)nc(-c7cccc(-n8c9ccccc9c9cc%10c(cc98)c8ccccc8n%10-c8ccccc8)c7)nc6c5)cc4)c3c2)cc1. The highest BCUT2D eigenvalue weighted by atomic mass is 15.0. The predicted molar refractivity (Wildman–Crippen MR) is 448 cm³/mol. The molecule has 22 aromatic rings. The van der Waals surface area contributed by atoms with Crippen molar-refractivity contribution in [2.24, 2.45) is 0 Å². The molecule has 6 heterocycles. The molecule has 0 spiro atoms. The maximum absolute atomic E-state index is 5.67. The summed E-state index contributed by atoms with van der Waals surface area (Å²) in [5.41, 5.74) is 27.1. The second-order valence-electron chi connectivity index (χ2n) is 28.1. The third kappa shape index (κ3) is 9.78. The summed E-state index contributed by atoms with van der Waals surface area (Å²) in [6.45, 7) is 0. The maximum Gasteiger partial charge on any atom is 0.160 e. The zero-order chi connectivity index (χ0) is 70.9. The van der Waals surface area contributed by atoms with Crippen LogP contribution in [-0.4, -0.2) is 38.2 Å². The molecule has 22 rings (SSSR count). The van der Waals surface area contributed by atoms with Gasteiger partial charge in [-0.3, -0.25) is 0 Å². The number of nitrogens with zero attached hydrogens (tertiary/aromatic N) is 8. The molecule has 108 heavy (non-hydrogen) atoms. The number of hydrogen-bond acceptors (Lipinski definition) is 4. The first-order valence-electron chi connectivity index (χ1n) is 36.8. The summed E-state index contributed by atoms with van der Waals surface area (Å²) in [4.78, 5) is 22.4. The number of rotatable bonds is 11. The second-order valence-corrected chi connectivity index (χ2v) is 28.1. The van der Waals surface area contributed by atoms with Gasteiger partial charge in [0.25, 0.3) is 0 Å². The van der Waals surface area contributed by atoms with Crippen LogP contribution in [-0.2, 0) is 0 Å². The van der Waals surface area contributed by atoms with Gasteiger partial charge in [0.05, 0.1) is 66.6 Å². The van der Waals surface area contributed by atoms with E-state index in [0.29, 0.717) is 11.6 Å². The Morgan fingerprint density at radius 3 is 0.981 bits per heavy atom. The molecule has 8 heteroatoms. The van der Waals surface area contributed by atoms with E-state index in [1.165, 1.54) is 65.2 Å². The molecule has 0 saturated heterocycles. The van der Waals surface area contributed by atoms with Crippen LogP contribution in [0.5, 0.6) is 0 Å². The monoisotopic (exact) mass is 1370 g/mol. The maximum atomic E-state index is 5.67. The lowest BCUT2D eigenvalue weighted by Gasteiger charge is -2.17. The topological polar surface area (TPSA) is 71.3 Å². The van der Waals surface area contributed by atoms with Crippen LogP contribution in [0.1, 0.15) is 0 Å². The van der Waals surface area contributed by atoms with Crippen molar-refractivity contribution < 1.29 is 0 Å². The Balaban J connectivity index is 0.685. The fraction of sp³-hybridized carbons (Fsp3) is 0. The third-order valence-electron chi connectivity index (χ3n) is 21.9. The molecule has 0 aliphatic rings. The molecule has 502 valence electrons. The van der Waals surface area contributed by atoms with Crippen LogP contribution < -0.4 is 0 Å². The number of para-hydroxylation sites is 6. The lowest BCUT2D eigenvalue weighted by atomic mass is 9.92. The fourth-order valence-electron chi connectivity index (χ4n) is 17.0. The Bertz CT molecular complexity index is 7380. The standard InChI is InChI=1S/C100H62N8/c1-6-26-63(27-7-1)68-52-53-86-85(56-68)97(103-99(101-86)69-32-24-38-74(54-69)107-90-46-22-18-42-78(90)83-59-92-81(61-94(83)107)76-40-16-20-44-88(76)105(92)72-34-12-4-13-35-72)67-50-48-64(49-51-67)71-57-80(65-28-8-2-9-29-65)96-87(58-71)102-100(104-98(96)66-30-10-3-11-31-66)70-33-25-39-75(55-70)108-91-47-23-19-43-79(91)84-60-93-82(62-95(84)108)77-41-17-21-45-89(77)106(93)73-36-14-5-15-37-73/h1-62H. The molecule has 0 atom stereocenters. The highest BCUT2D eigenvalue weighted by molar-refractivity contribution is 6.21. The fourth-order valence-corrected chi connectivity index (χ4v) is 17.0. The van der Waals surface area contributed by atoms with Gasteiger partial charge in [0.15, 0.2) is 11.6 Å². The van der Waals surface area contributed by atoms with E-state index in [1.807, 2.05) is 0 Å². The average molecular weight is 1380 g/mol. The van der Waals surface area contributed by atoms with E-state index in [0.717, 1.165) is 134 Å². The van der Waals surface area contributed by atoms with Crippen molar-refractivity contribution in [2.75, 3.05) is 0 Å². The van der Waals surface area contributed by atoms with Crippen molar-refractivity contribution in [3.8, 4) is 101 Å². The normalized spacial score (nSPS) is 11.9. The number of hydrogen-bond donors (Lipinski definition) is 0. The van der Waals surface area contributed by atoms with Crippen LogP contribution in [0, 0.1) is 0 Å². The third-order valence-corrected chi connectivity index (χ3v) is 21.9. The van der Waals surface area contributed by atoms with E-state index in [2.05, 4.69) is 394 Å². The van der Waals surface area contributed by atoms with Gasteiger partial charge in [0.1, 0.15) is 0 Å². The van der Waals surface area contributed by atoms with Gasteiger partial charge in [-0.2, -0.15) is 0 Å². The molecule has 0 radical (unpaired) electrons. The molecule has 16 aromatic carbocycles. The summed E-state index contributed by atoms with van der Waals surface area (Å²) in [5, 5.41) is 11.5. The van der Waals surface area contributed by atoms with Crippen LogP contribution >= 0.6 is 0 Å². The molecule has 0 aliphatic heterocycles. The molecule has 0 saturated carbocycles. The lowest BCUT2D eigenvalue weighted by Crippen LogP contribution is -1.99. The van der Waals surface area contributed by atoms with E-state index in [-0.39, 0.29) is 0 Å². The van der Waals surface area contributed by atoms with Crippen LogP contribution in [0.15, 0.2) is 376 Å². The Hall–Kier alpha value is -14.6. The Kier molecular flexibility index (Phi) is 13.8. The molecular formula is C100H62N8. The van der Waals surface area contributed by atoms with Crippen molar-refractivity contribution >= 4 is 109 Å². The molecular weight excluding hydrogens is 1310 g/mol. The summed E-state index contributed by atoms with van der Waals surface area (Å²) in [6, 6.07) is 135. The van der Waals surface area contributed by atoms with Gasteiger partial charge in [-0.05, 0) is 155 Å². The zero-order valence-corrected chi connectivity index (χ0v) is 58.4. The minimum absolute atomic E-state index is 0.635. The molecule has 8 nitrogen and oxygen atoms in total. The molecule has 0 fully saturated rings. The number of aromatic nitrogens is 8. The summed E-state index contributed by atoms with van der Waals surface area (Å²) in [5.74, 6) is 1.28. The number of benzene rings is 16. The van der Waals surface area contributed by atoms with Gasteiger partial charge in [0.2, 0.25) is 0 Å². The smallest absolute Gasteiger partial charge is 0.160 e. The van der Waals surface area contributed by atoms with Gasteiger partial charge in [0, 0.05) is 98.9 Å². The first-order chi connectivity index (χ1) is 53.5. The van der Waals surface area contributed by atoms with E-state index < -0.39 is 0 Å². The molecule has 0 bridgehead atoms. The summed E-state index contributed by atoms with van der Waals surface area (Å²) >= 11 is 0. The Labute approximate surface area is 620 Å². The molecule has 6 aromatic heterocycles. The first kappa shape index (κ1) is 60.9. The van der Waals surface area contributed by atoms with Crippen LogP contribution in [0.2, 0.25) is 0 Å². The Morgan fingerprint density at radius 2 is 0.509 bits per heavy atom. The minimum atomic E-state index is 0.635. The van der Waals surface area contributed by atoms with E-state index in [9.17, 15) is 0 Å². The highest BCUT2D eigenvalue weighted by Gasteiger charge is 2.25. The van der Waals surface area contributed by atoms with Crippen LogP contribution in [0.4, 0.5) is 0 Å². The van der Waals surface area contributed by atoms with Crippen LogP contribution in [0.25, 0.3) is 210 Å². The summed E-state index contributed by atoms with van der Waals surface area (Å²) in [7, 11) is 0. The average Bonchev–Trinajstić information content (AvgIpc) is 1.56. The predicted octanol–water partition coefficient (Wildman–Crippen LogP) is 25.6. The van der Waals surface area contributed by atoms with Crippen molar-refractivity contribution in [1.29, 1.82) is 0 Å². The van der Waals surface area contributed by atoms with Crippen molar-refractivity contribution in [1.82, 2.24) is 38.2 Å². The van der Waals surface area contributed by atoms with Gasteiger partial charge < -0.3 is 18.3 Å². The largest absolute Gasteiger partial charge is 0.309 e. The number of fused-ring (bicyclic) bond motifs is 14. The van der Waals surface area contributed by atoms with Crippen molar-refractivity contribution in [3.05, 3.63) is 376 Å². The summed E-state index contributed by atoms with van der Waals surface area (Å²) < 4.78 is 9.62. The first-order valence-corrected chi connectivity index (χ1v) is 36.8. The van der Waals surface area contributed by atoms with E-state index >= 15 is 0 Å². The van der Waals surface area contributed by atoms with E-state index in [4.69, 9.17) is 19.9 Å².